The average molecular weight is 336 g/mol. The van der Waals surface area contributed by atoms with E-state index in [1.807, 2.05) is 33.2 Å². The van der Waals surface area contributed by atoms with E-state index < -0.39 is 0 Å². The quantitative estimate of drug-likeness (QED) is 0.810. The summed E-state index contributed by atoms with van der Waals surface area (Å²) in [6.45, 7) is 3.68. The molecule has 6 nitrogen and oxygen atoms in total. The molecule has 0 radical (unpaired) electrons. The van der Waals surface area contributed by atoms with Gasteiger partial charge < -0.3 is 20.3 Å². The van der Waals surface area contributed by atoms with Gasteiger partial charge in [-0.05, 0) is 39.2 Å². The van der Waals surface area contributed by atoms with Crippen LogP contribution >= 0.6 is 11.6 Å². The summed E-state index contributed by atoms with van der Waals surface area (Å²) in [6, 6.07) is 7.37. The van der Waals surface area contributed by atoms with Crippen LogP contribution in [-0.4, -0.2) is 49.2 Å². The van der Waals surface area contributed by atoms with E-state index >= 15 is 0 Å². The van der Waals surface area contributed by atoms with Crippen molar-refractivity contribution >= 4 is 29.1 Å². The van der Waals surface area contributed by atoms with Crippen molar-refractivity contribution < 1.29 is 4.74 Å². The van der Waals surface area contributed by atoms with Gasteiger partial charge in [-0.1, -0.05) is 11.6 Å². The number of methoxy groups -OCH3 is 1. The van der Waals surface area contributed by atoms with Crippen molar-refractivity contribution in [2.45, 2.75) is 6.92 Å². The van der Waals surface area contributed by atoms with Crippen molar-refractivity contribution in [2.24, 2.45) is 0 Å². The molecule has 0 aliphatic carbocycles. The van der Waals surface area contributed by atoms with Gasteiger partial charge in [-0.3, -0.25) is 0 Å². The van der Waals surface area contributed by atoms with Gasteiger partial charge in [0, 0.05) is 30.5 Å². The Labute approximate surface area is 141 Å². The minimum absolute atomic E-state index is 0.526. The number of hydrogen-bond donors (Lipinski definition) is 2. The van der Waals surface area contributed by atoms with E-state index in [0.717, 1.165) is 30.3 Å². The van der Waals surface area contributed by atoms with Crippen LogP contribution in [0, 0.1) is 6.92 Å². The fourth-order valence-electron chi connectivity index (χ4n) is 2.00. The third-order valence-corrected chi connectivity index (χ3v) is 3.42. The molecule has 1 aromatic heterocycles. The van der Waals surface area contributed by atoms with Crippen LogP contribution in [0.5, 0.6) is 5.75 Å². The second-order valence-corrected chi connectivity index (χ2v) is 5.83. The first-order valence-electron chi connectivity index (χ1n) is 7.33. The molecular weight excluding hydrogens is 314 g/mol. The first-order chi connectivity index (χ1) is 11.0. The van der Waals surface area contributed by atoms with Gasteiger partial charge in [0.1, 0.15) is 11.6 Å². The standard InChI is InChI=1S/C16H22ClN5O/c1-11-9-15(18-7-8-22(2)3)21-16(19-11)20-12-5-6-14(23-4)13(17)10-12/h5-6,9-10H,7-8H2,1-4H3,(H2,18,19,20,21). The van der Waals surface area contributed by atoms with Gasteiger partial charge in [0.2, 0.25) is 5.95 Å². The molecule has 2 rings (SSSR count). The minimum Gasteiger partial charge on any atom is -0.495 e. The molecule has 0 aliphatic rings. The lowest BCUT2D eigenvalue weighted by molar-refractivity contribution is 0.415. The van der Waals surface area contributed by atoms with Gasteiger partial charge in [-0.25, -0.2) is 4.98 Å². The van der Waals surface area contributed by atoms with Crippen molar-refractivity contribution in [1.82, 2.24) is 14.9 Å². The Kier molecular flexibility index (Phi) is 6.01. The SMILES string of the molecule is COc1ccc(Nc2nc(C)cc(NCCN(C)C)n2)cc1Cl. The molecule has 0 amide bonds. The van der Waals surface area contributed by atoms with Crippen molar-refractivity contribution in [3.8, 4) is 5.75 Å². The number of rotatable bonds is 7. The maximum Gasteiger partial charge on any atom is 0.229 e. The monoisotopic (exact) mass is 335 g/mol. The van der Waals surface area contributed by atoms with Gasteiger partial charge >= 0.3 is 0 Å². The number of benzene rings is 1. The van der Waals surface area contributed by atoms with Crippen LogP contribution in [0.4, 0.5) is 17.5 Å². The lowest BCUT2D eigenvalue weighted by atomic mass is 10.3. The molecule has 0 fully saturated rings. The van der Waals surface area contributed by atoms with Gasteiger partial charge in [0.25, 0.3) is 0 Å². The van der Waals surface area contributed by atoms with Crippen LogP contribution in [0.1, 0.15) is 5.69 Å². The highest BCUT2D eigenvalue weighted by molar-refractivity contribution is 6.32. The summed E-state index contributed by atoms with van der Waals surface area (Å²) in [4.78, 5) is 11.0. The van der Waals surface area contributed by atoms with Crippen LogP contribution < -0.4 is 15.4 Å². The van der Waals surface area contributed by atoms with Crippen LogP contribution in [-0.2, 0) is 0 Å². The maximum atomic E-state index is 6.13. The minimum atomic E-state index is 0.526. The van der Waals surface area contributed by atoms with Gasteiger partial charge in [0.05, 0.1) is 12.1 Å². The fraction of sp³-hybridized carbons (Fsp3) is 0.375. The smallest absolute Gasteiger partial charge is 0.229 e. The third-order valence-electron chi connectivity index (χ3n) is 3.13. The zero-order valence-corrected chi connectivity index (χ0v) is 14.6. The Balaban J connectivity index is 2.10. The average Bonchev–Trinajstić information content (AvgIpc) is 2.46. The molecule has 7 heteroatoms. The molecule has 1 heterocycles. The fourth-order valence-corrected chi connectivity index (χ4v) is 2.25. The van der Waals surface area contributed by atoms with Crippen molar-refractivity contribution in [1.29, 1.82) is 0 Å². The number of ether oxygens (including phenoxy) is 1. The molecule has 0 spiro atoms. The van der Waals surface area contributed by atoms with Crippen LogP contribution in [0.25, 0.3) is 0 Å². The Morgan fingerprint density at radius 2 is 2.00 bits per heavy atom. The van der Waals surface area contributed by atoms with E-state index in [9.17, 15) is 0 Å². The number of aromatic nitrogens is 2. The molecule has 0 aliphatic heterocycles. The highest BCUT2D eigenvalue weighted by Gasteiger charge is 2.06. The highest BCUT2D eigenvalue weighted by Crippen LogP contribution is 2.28. The normalized spacial score (nSPS) is 10.7. The molecule has 2 N–H and O–H groups in total. The van der Waals surface area contributed by atoms with Crippen molar-refractivity contribution in [2.75, 3.05) is 44.9 Å². The summed E-state index contributed by atoms with van der Waals surface area (Å²) in [5.74, 6) is 1.95. The second-order valence-electron chi connectivity index (χ2n) is 5.42. The van der Waals surface area contributed by atoms with Gasteiger partial charge in [0.15, 0.2) is 0 Å². The number of nitrogens with one attached hydrogen (secondary N) is 2. The van der Waals surface area contributed by atoms with E-state index in [4.69, 9.17) is 16.3 Å². The Morgan fingerprint density at radius 3 is 2.65 bits per heavy atom. The molecule has 0 unspecified atom stereocenters. The maximum absolute atomic E-state index is 6.13. The topological polar surface area (TPSA) is 62.3 Å². The van der Waals surface area contributed by atoms with Crippen LogP contribution in [0.3, 0.4) is 0 Å². The predicted octanol–water partition coefficient (Wildman–Crippen LogP) is 3.16. The molecule has 1 aromatic carbocycles. The first kappa shape index (κ1) is 17.3. The number of aryl methyl sites for hydroxylation is 1. The van der Waals surface area contributed by atoms with E-state index in [-0.39, 0.29) is 0 Å². The van der Waals surface area contributed by atoms with Crippen LogP contribution in [0.2, 0.25) is 5.02 Å². The second kappa shape index (κ2) is 7.99. The number of anilines is 3. The molecule has 124 valence electrons. The Morgan fingerprint density at radius 1 is 1.22 bits per heavy atom. The molecule has 0 saturated heterocycles. The summed E-state index contributed by atoms with van der Waals surface area (Å²) >= 11 is 6.13. The largest absolute Gasteiger partial charge is 0.495 e. The highest BCUT2D eigenvalue weighted by atomic mass is 35.5. The molecule has 0 saturated carbocycles. The third kappa shape index (κ3) is 5.26. The lowest BCUT2D eigenvalue weighted by Gasteiger charge is -2.13. The molecule has 0 atom stereocenters. The van der Waals surface area contributed by atoms with E-state index in [1.54, 1.807) is 19.2 Å². The number of halogens is 1. The number of likely N-dealkylation sites (N-methyl/N-ethyl adjacent to an activating group) is 1. The molecule has 2 aromatic rings. The zero-order valence-electron chi connectivity index (χ0n) is 13.9. The van der Waals surface area contributed by atoms with Crippen molar-refractivity contribution in [3.63, 3.8) is 0 Å². The first-order valence-corrected chi connectivity index (χ1v) is 7.70. The van der Waals surface area contributed by atoms with E-state index in [2.05, 4.69) is 25.5 Å². The van der Waals surface area contributed by atoms with E-state index in [0.29, 0.717) is 16.7 Å². The summed E-state index contributed by atoms with van der Waals surface area (Å²) in [5, 5.41) is 6.99. The summed E-state index contributed by atoms with van der Waals surface area (Å²) in [5.41, 5.74) is 1.69. The summed E-state index contributed by atoms with van der Waals surface area (Å²) in [7, 11) is 5.66. The Hall–Kier alpha value is -2.05. The molecule has 23 heavy (non-hydrogen) atoms. The predicted molar refractivity (Wildman–Crippen MR) is 95.1 cm³/mol. The summed E-state index contributed by atoms with van der Waals surface area (Å²) < 4.78 is 5.15. The lowest BCUT2D eigenvalue weighted by Crippen LogP contribution is -2.21. The number of hydrogen-bond acceptors (Lipinski definition) is 6. The van der Waals surface area contributed by atoms with Gasteiger partial charge in [-0.2, -0.15) is 4.98 Å². The van der Waals surface area contributed by atoms with Gasteiger partial charge in [-0.15, -0.1) is 0 Å². The molecular formula is C16H22ClN5O. The molecule has 0 bridgehead atoms. The zero-order chi connectivity index (χ0) is 16.8. The summed E-state index contributed by atoms with van der Waals surface area (Å²) in [6.07, 6.45) is 0. The Bertz CT molecular complexity index is 663. The number of nitrogens with zero attached hydrogens (tertiary/aromatic N) is 3. The van der Waals surface area contributed by atoms with Crippen LogP contribution in [0.15, 0.2) is 24.3 Å². The van der Waals surface area contributed by atoms with Crippen molar-refractivity contribution in [3.05, 3.63) is 35.0 Å². The van der Waals surface area contributed by atoms with E-state index in [1.165, 1.54) is 0 Å².